The van der Waals surface area contributed by atoms with Gasteiger partial charge >= 0.3 is 0 Å². The highest BCUT2D eigenvalue weighted by molar-refractivity contribution is 8.16. The predicted octanol–water partition coefficient (Wildman–Crippen LogP) is 0.340. The first-order chi connectivity index (χ1) is 9.27. The van der Waals surface area contributed by atoms with Gasteiger partial charge in [0.05, 0.1) is 5.60 Å². The summed E-state index contributed by atoms with van der Waals surface area (Å²) in [6.07, 6.45) is 3.01. The second kappa shape index (κ2) is 5.83. The molecular formula is C13H22N4OS. The van der Waals surface area contributed by atoms with Gasteiger partial charge in [0.25, 0.3) is 0 Å². The molecule has 0 radical (unpaired) electrons. The number of aliphatic hydroxyl groups is 1. The lowest BCUT2D eigenvalue weighted by Crippen LogP contribution is -2.43. The lowest BCUT2D eigenvalue weighted by Gasteiger charge is -2.26. The molecule has 0 aromatic carbocycles. The Bertz CT molecular complexity index is 390. The second-order valence-corrected chi connectivity index (χ2v) is 6.31. The predicted molar refractivity (Wildman–Crippen MR) is 79.2 cm³/mol. The Morgan fingerprint density at radius 2 is 2.53 bits per heavy atom. The van der Waals surface area contributed by atoms with E-state index in [9.17, 15) is 5.11 Å². The van der Waals surface area contributed by atoms with E-state index >= 15 is 0 Å². The van der Waals surface area contributed by atoms with Gasteiger partial charge in [0.1, 0.15) is 0 Å². The molecule has 0 bridgehead atoms. The summed E-state index contributed by atoms with van der Waals surface area (Å²) in [6, 6.07) is 0. The maximum atomic E-state index is 10.2. The third-order valence-electron chi connectivity index (χ3n) is 3.90. The zero-order valence-corrected chi connectivity index (χ0v) is 12.0. The summed E-state index contributed by atoms with van der Waals surface area (Å²) < 4.78 is 0. The van der Waals surface area contributed by atoms with E-state index in [4.69, 9.17) is 0 Å². The number of hydrogen-bond acceptors (Lipinski definition) is 6. The van der Waals surface area contributed by atoms with Crippen LogP contribution in [0.4, 0.5) is 0 Å². The van der Waals surface area contributed by atoms with Crippen molar-refractivity contribution in [2.24, 2.45) is 4.99 Å². The number of β-amino-alcohol motifs (C(OH)–C–C–N with tert-alkyl or cyclic N) is 1. The molecule has 0 aromatic rings. The van der Waals surface area contributed by atoms with Crippen LogP contribution in [0.25, 0.3) is 0 Å². The van der Waals surface area contributed by atoms with Crippen LogP contribution >= 0.6 is 11.8 Å². The van der Waals surface area contributed by atoms with Crippen LogP contribution in [0.2, 0.25) is 0 Å². The third kappa shape index (κ3) is 3.13. The quantitative estimate of drug-likeness (QED) is 0.635. The molecule has 3 N–H and O–H groups in total. The number of nitrogens with zero attached hydrogens (tertiary/aromatic N) is 2. The molecule has 19 heavy (non-hydrogen) atoms. The van der Waals surface area contributed by atoms with Crippen LogP contribution in [0.3, 0.4) is 0 Å². The standard InChI is InChI=1S/C13H22N4OS/c18-13(3-6-15-10-13)9-14-5-2-11-8-19-12-16-4-1-7-17(11)12/h8,14-15,18H,1-7,9-10H2/t13-/m0/s1. The summed E-state index contributed by atoms with van der Waals surface area (Å²) in [7, 11) is 0. The smallest absolute Gasteiger partial charge is 0.167 e. The fourth-order valence-corrected chi connectivity index (χ4v) is 3.74. The minimum Gasteiger partial charge on any atom is -0.387 e. The van der Waals surface area contributed by atoms with Crippen molar-refractivity contribution in [3.05, 3.63) is 11.1 Å². The Morgan fingerprint density at radius 1 is 1.58 bits per heavy atom. The summed E-state index contributed by atoms with van der Waals surface area (Å²) in [4.78, 5) is 6.86. The van der Waals surface area contributed by atoms with Crippen molar-refractivity contribution in [2.75, 3.05) is 39.3 Å². The van der Waals surface area contributed by atoms with Gasteiger partial charge in [-0.15, -0.1) is 0 Å². The summed E-state index contributed by atoms with van der Waals surface area (Å²) in [5.74, 6) is 0. The zero-order chi connectivity index (χ0) is 13.1. The number of hydrogen-bond donors (Lipinski definition) is 3. The topological polar surface area (TPSA) is 59.9 Å². The third-order valence-corrected chi connectivity index (χ3v) is 4.85. The van der Waals surface area contributed by atoms with E-state index in [-0.39, 0.29) is 0 Å². The van der Waals surface area contributed by atoms with Gasteiger partial charge < -0.3 is 20.6 Å². The molecule has 0 aromatic heterocycles. The highest BCUT2D eigenvalue weighted by Gasteiger charge is 2.30. The molecule has 3 rings (SSSR count). The molecule has 6 heteroatoms. The Hall–Kier alpha value is -0.560. The fourth-order valence-electron chi connectivity index (χ4n) is 2.75. The van der Waals surface area contributed by atoms with Gasteiger partial charge in [-0.1, -0.05) is 11.8 Å². The molecule has 5 nitrogen and oxygen atoms in total. The lowest BCUT2D eigenvalue weighted by atomic mass is 10.0. The molecule has 106 valence electrons. The van der Waals surface area contributed by atoms with Crippen LogP contribution in [0.5, 0.6) is 0 Å². The highest BCUT2D eigenvalue weighted by Crippen LogP contribution is 2.30. The molecular weight excluding hydrogens is 260 g/mol. The van der Waals surface area contributed by atoms with E-state index in [0.29, 0.717) is 13.1 Å². The molecule has 0 aliphatic carbocycles. The van der Waals surface area contributed by atoms with Gasteiger partial charge in [-0.05, 0) is 24.8 Å². The highest BCUT2D eigenvalue weighted by atomic mass is 32.2. The van der Waals surface area contributed by atoms with Crippen LogP contribution in [-0.2, 0) is 0 Å². The van der Waals surface area contributed by atoms with E-state index in [0.717, 1.165) is 45.4 Å². The average molecular weight is 282 g/mol. The molecule has 0 saturated carbocycles. The summed E-state index contributed by atoms with van der Waals surface area (Å²) in [5, 5.41) is 20.2. The number of nitrogens with one attached hydrogen (secondary N) is 2. The SMILES string of the molecule is O[C@]1(CNCCC2=CSC3=NCCCN23)CCNC1. The van der Waals surface area contributed by atoms with Crippen molar-refractivity contribution < 1.29 is 5.11 Å². The van der Waals surface area contributed by atoms with Crippen LogP contribution in [0, 0.1) is 0 Å². The Balaban J connectivity index is 1.41. The first-order valence-electron chi connectivity index (χ1n) is 7.08. The Labute approximate surface area is 118 Å². The van der Waals surface area contributed by atoms with Gasteiger partial charge in [-0.3, -0.25) is 4.99 Å². The van der Waals surface area contributed by atoms with Crippen LogP contribution in [0.15, 0.2) is 16.1 Å². The first-order valence-corrected chi connectivity index (χ1v) is 7.96. The van der Waals surface area contributed by atoms with Gasteiger partial charge in [-0.2, -0.15) is 0 Å². The normalized spacial score (nSPS) is 30.3. The van der Waals surface area contributed by atoms with Gasteiger partial charge in [0, 0.05) is 44.8 Å². The molecule has 0 amide bonds. The van der Waals surface area contributed by atoms with E-state index in [1.54, 1.807) is 11.8 Å². The fraction of sp³-hybridized carbons (Fsp3) is 0.769. The monoisotopic (exact) mass is 282 g/mol. The van der Waals surface area contributed by atoms with Crippen molar-refractivity contribution in [1.29, 1.82) is 0 Å². The molecule has 3 aliphatic rings. The second-order valence-electron chi connectivity index (χ2n) is 5.47. The van der Waals surface area contributed by atoms with Gasteiger partial charge in [-0.25, -0.2) is 0 Å². The van der Waals surface area contributed by atoms with Crippen LogP contribution in [-0.4, -0.2) is 60.0 Å². The molecule has 3 aliphatic heterocycles. The molecule has 1 atom stereocenters. The van der Waals surface area contributed by atoms with Gasteiger partial charge in [0.2, 0.25) is 0 Å². The molecule has 1 fully saturated rings. The molecule has 3 heterocycles. The van der Waals surface area contributed by atoms with E-state index in [1.807, 2.05) is 0 Å². The number of amidine groups is 1. The van der Waals surface area contributed by atoms with Crippen molar-refractivity contribution in [3.63, 3.8) is 0 Å². The van der Waals surface area contributed by atoms with Crippen LogP contribution < -0.4 is 10.6 Å². The van der Waals surface area contributed by atoms with Gasteiger partial charge in [0.15, 0.2) is 5.17 Å². The minimum absolute atomic E-state index is 0.545. The molecule has 0 spiro atoms. The van der Waals surface area contributed by atoms with Crippen molar-refractivity contribution in [3.8, 4) is 0 Å². The average Bonchev–Trinajstić information content (AvgIpc) is 3.02. The van der Waals surface area contributed by atoms with Crippen LogP contribution in [0.1, 0.15) is 19.3 Å². The molecule has 0 unspecified atom stereocenters. The number of fused-ring (bicyclic) bond motifs is 1. The summed E-state index contributed by atoms with van der Waals surface area (Å²) >= 11 is 1.74. The molecule has 1 saturated heterocycles. The Morgan fingerprint density at radius 3 is 3.37 bits per heavy atom. The van der Waals surface area contributed by atoms with Crippen molar-refractivity contribution >= 4 is 16.9 Å². The van der Waals surface area contributed by atoms with Crippen molar-refractivity contribution in [1.82, 2.24) is 15.5 Å². The van der Waals surface area contributed by atoms with E-state index < -0.39 is 5.60 Å². The minimum atomic E-state index is -0.545. The largest absolute Gasteiger partial charge is 0.387 e. The maximum Gasteiger partial charge on any atom is 0.167 e. The zero-order valence-electron chi connectivity index (χ0n) is 11.2. The Kier molecular flexibility index (Phi) is 4.12. The first kappa shape index (κ1) is 13.4. The van der Waals surface area contributed by atoms with E-state index in [1.165, 1.54) is 10.9 Å². The number of rotatable bonds is 5. The number of aliphatic imine (C=N–C) groups is 1. The lowest BCUT2D eigenvalue weighted by molar-refractivity contribution is 0.0614. The van der Waals surface area contributed by atoms with E-state index in [2.05, 4.69) is 25.9 Å². The van der Waals surface area contributed by atoms with Crippen molar-refractivity contribution in [2.45, 2.75) is 24.9 Å². The summed E-state index contributed by atoms with van der Waals surface area (Å²) in [5.41, 5.74) is 0.823. The summed E-state index contributed by atoms with van der Waals surface area (Å²) in [6.45, 7) is 5.30. The maximum absolute atomic E-state index is 10.2. The number of thioether (sulfide) groups is 1.